The smallest absolute Gasteiger partial charge is 0.405 e. The first-order chi connectivity index (χ1) is 6.66. The van der Waals surface area contributed by atoms with Gasteiger partial charge in [0.05, 0.1) is 6.54 Å². The molecule has 8 nitrogen and oxygen atoms in total. The van der Waals surface area contributed by atoms with E-state index in [-0.39, 0.29) is 6.54 Å². The summed E-state index contributed by atoms with van der Waals surface area (Å²) in [5, 5.41) is 15.8. The number of hydrogen-bond donors (Lipinski definition) is 3. The average molecular weight is 201 g/mol. The van der Waals surface area contributed by atoms with Crippen LogP contribution in [-0.4, -0.2) is 36.7 Å². The third-order valence-corrected chi connectivity index (χ3v) is 1.22. The average Bonchev–Trinajstić information content (AvgIpc) is 2.14. The van der Waals surface area contributed by atoms with E-state index in [1.165, 1.54) is 0 Å². The number of nitrogens with one attached hydrogen (secondary N) is 2. The van der Waals surface area contributed by atoms with E-state index < -0.39 is 12.0 Å². The van der Waals surface area contributed by atoms with Crippen LogP contribution in [-0.2, 0) is 4.79 Å². The van der Waals surface area contributed by atoms with Crippen LogP contribution >= 0.6 is 0 Å². The predicted molar refractivity (Wildman–Crippen MR) is 47.7 cm³/mol. The highest BCUT2D eigenvalue weighted by Gasteiger charge is 2.01. The van der Waals surface area contributed by atoms with Gasteiger partial charge in [-0.25, -0.2) is 4.79 Å². The Balaban J connectivity index is 3.35. The number of carbonyl (C=O) groups excluding carboxylic acids is 1. The minimum absolute atomic E-state index is 0.267. The molecule has 0 spiro atoms. The van der Waals surface area contributed by atoms with Crippen LogP contribution in [0.2, 0.25) is 0 Å². The summed E-state index contributed by atoms with van der Waals surface area (Å²) in [6.07, 6.45) is -0.711. The van der Waals surface area contributed by atoms with Crippen LogP contribution in [0.5, 0.6) is 0 Å². The lowest BCUT2D eigenvalue weighted by Gasteiger charge is -2.02. The summed E-state index contributed by atoms with van der Waals surface area (Å²) < 4.78 is 0. The molecule has 3 N–H and O–H groups in total. The minimum Gasteiger partial charge on any atom is -0.465 e. The van der Waals surface area contributed by atoms with E-state index in [1.807, 2.05) is 5.32 Å². The molecule has 0 saturated carbocycles. The number of rotatable bonds is 6. The SMILES string of the molecule is [N-]=[N+]=NCCCNC(=O)CNC(=O)O. The summed E-state index contributed by atoms with van der Waals surface area (Å²) in [5.41, 5.74) is 7.92. The number of hydrogen-bond acceptors (Lipinski definition) is 3. The zero-order chi connectivity index (χ0) is 10.8. The molecule has 0 aliphatic carbocycles. The van der Waals surface area contributed by atoms with Gasteiger partial charge in [0.15, 0.2) is 0 Å². The molecule has 0 heterocycles. The summed E-state index contributed by atoms with van der Waals surface area (Å²) in [6.45, 7) is 0.402. The zero-order valence-electron chi connectivity index (χ0n) is 7.43. The maximum absolute atomic E-state index is 10.8. The van der Waals surface area contributed by atoms with Crippen molar-refractivity contribution in [2.75, 3.05) is 19.6 Å². The van der Waals surface area contributed by atoms with Gasteiger partial charge in [0.25, 0.3) is 0 Å². The molecule has 2 amide bonds. The molecule has 0 aromatic rings. The second-order valence-electron chi connectivity index (χ2n) is 2.32. The van der Waals surface area contributed by atoms with Gasteiger partial charge in [0, 0.05) is 18.0 Å². The van der Waals surface area contributed by atoms with Crippen molar-refractivity contribution in [3.8, 4) is 0 Å². The molecule has 0 fully saturated rings. The number of nitrogens with zero attached hydrogens (tertiary/aromatic N) is 3. The van der Waals surface area contributed by atoms with E-state index in [0.29, 0.717) is 19.5 Å². The predicted octanol–water partition coefficient (Wildman–Crippen LogP) is 0.0706. The van der Waals surface area contributed by atoms with Crippen molar-refractivity contribution in [2.45, 2.75) is 6.42 Å². The van der Waals surface area contributed by atoms with Gasteiger partial charge in [0.1, 0.15) is 0 Å². The van der Waals surface area contributed by atoms with Gasteiger partial charge in [-0.3, -0.25) is 4.79 Å². The Labute approximate surface area is 79.9 Å². The van der Waals surface area contributed by atoms with Crippen molar-refractivity contribution in [1.82, 2.24) is 10.6 Å². The zero-order valence-corrected chi connectivity index (χ0v) is 7.43. The molecule has 14 heavy (non-hydrogen) atoms. The Morgan fingerprint density at radius 2 is 2.14 bits per heavy atom. The molecule has 0 aromatic heterocycles. The highest BCUT2D eigenvalue weighted by Crippen LogP contribution is 1.79. The maximum atomic E-state index is 10.8. The summed E-state index contributed by atoms with van der Waals surface area (Å²) in [7, 11) is 0. The highest BCUT2D eigenvalue weighted by molar-refractivity contribution is 5.81. The minimum atomic E-state index is -1.24. The second-order valence-corrected chi connectivity index (χ2v) is 2.32. The number of carbonyl (C=O) groups is 2. The third kappa shape index (κ3) is 8.15. The van der Waals surface area contributed by atoms with Crippen LogP contribution in [0.3, 0.4) is 0 Å². The van der Waals surface area contributed by atoms with Crippen LogP contribution in [0.1, 0.15) is 6.42 Å². The van der Waals surface area contributed by atoms with Gasteiger partial charge in [0.2, 0.25) is 5.91 Å². The number of amides is 2. The van der Waals surface area contributed by atoms with Gasteiger partial charge >= 0.3 is 6.09 Å². The van der Waals surface area contributed by atoms with Gasteiger partial charge in [-0.05, 0) is 12.0 Å². The summed E-state index contributed by atoms with van der Waals surface area (Å²) in [4.78, 5) is 23.3. The normalized spacial score (nSPS) is 8.57. The van der Waals surface area contributed by atoms with Gasteiger partial charge in [-0.15, -0.1) is 0 Å². The van der Waals surface area contributed by atoms with Crippen LogP contribution in [0.15, 0.2) is 5.11 Å². The van der Waals surface area contributed by atoms with Crippen LogP contribution in [0.25, 0.3) is 10.4 Å². The lowest BCUT2D eigenvalue weighted by Crippen LogP contribution is -2.36. The van der Waals surface area contributed by atoms with Crippen LogP contribution in [0.4, 0.5) is 4.79 Å². The van der Waals surface area contributed by atoms with E-state index in [1.54, 1.807) is 0 Å². The van der Waals surface area contributed by atoms with Gasteiger partial charge in [-0.2, -0.15) is 0 Å². The Bertz CT molecular complexity index is 248. The molecule has 0 bridgehead atoms. The van der Waals surface area contributed by atoms with Gasteiger partial charge in [-0.1, -0.05) is 5.11 Å². The molecule has 0 aromatic carbocycles. The van der Waals surface area contributed by atoms with Crippen molar-refractivity contribution < 1.29 is 14.7 Å². The molecular weight excluding hydrogens is 190 g/mol. The quantitative estimate of drug-likeness (QED) is 0.243. The van der Waals surface area contributed by atoms with Gasteiger partial charge < -0.3 is 15.7 Å². The van der Waals surface area contributed by atoms with E-state index >= 15 is 0 Å². The van der Waals surface area contributed by atoms with E-state index in [2.05, 4.69) is 15.3 Å². The molecule has 0 saturated heterocycles. The lowest BCUT2D eigenvalue weighted by atomic mass is 10.4. The molecule has 0 rings (SSSR count). The van der Waals surface area contributed by atoms with Crippen LogP contribution in [0, 0.1) is 0 Å². The Hall–Kier alpha value is -1.95. The van der Waals surface area contributed by atoms with Crippen molar-refractivity contribution in [2.24, 2.45) is 5.11 Å². The van der Waals surface area contributed by atoms with Crippen molar-refractivity contribution in [3.63, 3.8) is 0 Å². The molecule has 0 aliphatic rings. The molecule has 8 heteroatoms. The molecule has 0 aliphatic heterocycles. The first-order valence-corrected chi connectivity index (χ1v) is 3.91. The second kappa shape index (κ2) is 7.69. The lowest BCUT2D eigenvalue weighted by molar-refractivity contribution is -0.120. The monoisotopic (exact) mass is 201 g/mol. The van der Waals surface area contributed by atoms with E-state index in [4.69, 9.17) is 10.6 Å². The fourth-order valence-electron chi connectivity index (χ4n) is 0.641. The summed E-state index contributed by atoms with van der Waals surface area (Å²) in [6, 6.07) is 0. The van der Waals surface area contributed by atoms with Crippen LogP contribution < -0.4 is 10.6 Å². The summed E-state index contributed by atoms with van der Waals surface area (Å²) in [5.74, 6) is -0.409. The molecule has 0 atom stereocenters. The Kier molecular flexibility index (Phi) is 6.62. The number of carboxylic acid groups (broad SMARTS) is 1. The largest absolute Gasteiger partial charge is 0.465 e. The molecular formula is C6H11N5O3. The third-order valence-electron chi connectivity index (χ3n) is 1.22. The first kappa shape index (κ1) is 12.0. The van der Waals surface area contributed by atoms with Crippen molar-refractivity contribution >= 4 is 12.0 Å². The topological polar surface area (TPSA) is 127 Å². The molecule has 0 unspecified atom stereocenters. The number of azide groups is 1. The first-order valence-electron chi connectivity index (χ1n) is 3.91. The fourth-order valence-corrected chi connectivity index (χ4v) is 0.641. The Morgan fingerprint density at radius 3 is 2.71 bits per heavy atom. The molecule has 78 valence electrons. The van der Waals surface area contributed by atoms with Crippen molar-refractivity contribution in [1.29, 1.82) is 0 Å². The fraction of sp³-hybridized carbons (Fsp3) is 0.667. The van der Waals surface area contributed by atoms with Crippen molar-refractivity contribution in [3.05, 3.63) is 10.4 Å². The molecule has 0 radical (unpaired) electrons. The Morgan fingerprint density at radius 1 is 1.43 bits per heavy atom. The summed E-state index contributed by atoms with van der Waals surface area (Å²) >= 11 is 0. The standard InChI is InChI=1S/C6H11N5O3/c7-11-10-3-1-2-8-5(12)4-9-6(13)14/h9H,1-4H2,(H,8,12)(H,13,14). The maximum Gasteiger partial charge on any atom is 0.405 e. The highest BCUT2D eigenvalue weighted by atomic mass is 16.4. The van der Waals surface area contributed by atoms with E-state index in [9.17, 15) is 9.59 Å². The van der Waals surface area contributed by atoms with E-state index in [0.717, 1.165) is 0 Å².